The van der Waals surface area contributed by atoms with Crippen molar-refractivity contribution in [1.82, 2.24) is 0 Å². The normalized spacial score (nSPS) is 7.38. The number of hydrogen-bond donors (Lipinski definition) is 0. The van der Waals surface area contributed by atoms with E-state index in [1.54, 1.807) is 6.69 Å². The van der Waals surface area contributed by atoms with E-state index in [2.05, 4.69) is 27.8 Å². The molecule has 0 rings (SSSR count). The topological polar surface area (TPSA) is 0 Å². The molecule has 0 saturated heterocycles. The zero-order valence-corrected chi connectivity index (χ0v) is 8.32. The molecule has 0 nitrogen and oxygen atoms in total. The van der Waals surface area contributed by atoms with E-state index >= 15 is 0 Å². The molecule has 0 saturated carbocycles. The van der Waals surface area contributed by atoms with Crippen LogP contribution >= 0.6 is 0 Å². The molecule has 50 valence electrons. The molecule has 0 spiro atoms. The summed E-state index contributed by atoms with van der Waals surface area (Å²) < 4.78 is 0. The molecule has 0 aromatic carbocycles. The maximum absolute atomic E-state index is 3.58. The van der Waals surface area contributed by atoms with Gasteiger partial charge in [0.1, 0.15) is 0 Å². The maximum atomic E-state index is 3.58. The first-order valence-electron chi connectivity index (χ1n) is 4.69. The fourth-order valence-electron chi connectivity index (χ4n) is 0.741. The monoisotopic (exact) mass is 154 g/mol. The van der Waals surface area contributed by atoms with E-state index < -0.39 is 0 Å². The van der Waals surface area contributed by atoms with Gasteiger partial charge in [0.25, 0.3) is 0 Å². The van der Waals surface area contributed by atoms with Crippen LogP contribution in [0.25, 0.3) is 0 Å². The van der Waals surface area contributed by atoms with Crippen molar-refractivity contribution in [3.8, 4) is 0 Å². The van der Waals surface area contributed by atoms with E-state index in [1.165, 1.54) is 6.42 Å². The van der Waals surface area contributed by atoms with E-state index in [1.807, 2.05) is 40.2 Å². The predicted octanol–water partition coefficient (Wildman–Crippen LogP) is -2.71. The third-order valence-corrected chi connectivity index (χ3v) is 1.39. The van der Waals surface area contributed by atoms with Crippen LogP contribution in [0.1, 0.15) is 13.3 Å². The van der Waals surface area contributed by atoms with Crippen LogP contribution in [0.4, 0.5) is 0 Å². The molecule has 0 heterocycles. The van der Waals surface area contributed by atoms with Gasteiger partial charge in [-0.15, -0.1) is 0 Å². The minimum atomic E-state index is 1.16. The molecule has 0 aromatic heterocycles. The van der Waals surface area contributed by atoms with Crippen molar-refractivity contribution < 1.29 is 0 Å². The molecule has 0 aliphatic carbocycles. The minimum absolute atomic E-state index is 1.16. The third kappa shape index (κ3) is 12.6. The summed E-state index contributed by atoms with van der Waals surface area (Å²) >= 11 is 0. The van der Waals surface area contributed by atoms with Crippen molar-refractivity contribution in [2.75, 3.05) is 0 Å². The van der Waals surface area contributed by atoms with Crippen LogP contribution in [-0.2, 0) is 0 Å². The predicted molar refractivity (Wildman–Crippen MR) is 74.0 cm³/mol. The van der Waals surface area contributed by atoms with E-state index in [9.17, 15) is 0 Å². The second kappa shape index (κ2) is 12.6. The summed E-state index contributed by atoms with van der Waals surface area (Å²) in [7, 11) is 3.58. The van der Waals surface area contributed by atoms with E-state index in [0.717, 1.165) is 6.32 Å². The van der Waals surface area contributed by atoms with Crippen molar-refractivity contribution in [3.63, 3.8) is 0 Å². The van der Waals surface area contributed by atoms with Crippen LogP contribution in [0.2, 0.25) is 6.32 Å². The average molecular weight is 152 g/mol. The fourth-order valence-corrected chi connectivity index (χ4v) is 0.741. The summed E-state index contributed by atoms with van der Waals surface area (Å²) in [5.74, 6) is 0. The van der Waals surface area contributed by atoms with Crippen LogP contribution in [0.5, 0.6) is 0 Å². The van der Waals surface area contributed by atoms with Crippen molar-refractivity contribution in [1.29, 1.82) is 0 Å². The summed E-state index contributed by atoms with van der Waals surface area (Å²) in [4.78, 5) is 0. The Morgan fingerprint density at radius 1 is 0.846 bits per heavy atom. The van der Waals surface area contributed by atoms with Crippen LogP contribution in [0.15, 0.2) is 0 Å². The van der Waals surface area contributed by atoms with Crippen LogP contribution < -0.4 is 0 Å². The Hall–Kier alpha value is 0.649. The van der Waals surface area contributed by atoms with E-state index in [-0.39, 0.29) is 0 Å². The quantitative estimate of drug-likeness (QED) is 0.363. The summed E-state index contributed by atoms with van der Waals surface area (Å²) in [6.45, 7) is 20.1. The Kier molecular flexibility index (Phi) is 13.3. The van der Waals surface area contributed by atoms with E-state index in [0.29, 0.717) is 0 Å². The van der Waals surface area contributed by atoms with Gasteiger partial charge in [0.05, 0.1) is 0 Å². The first kappa shape index (κ1) is 13.6. The standard InChI is InChI=1S/C3H8B10/c1-2-3-5-7-9-11-13-12-10-8-6-4/h4H,2-3H2,1H3. The second-order valence-electron chi connectivity index (χ2n) is 2.61. The van der Waals surface area contributed by atoms with Crippen LogP contribution in [0, 0.1) is 0 Å². The first-order valence-corrected chi connectivity index (χ1v) is 4.69. The molecular formula is C3H8B10. The Bertz CT molecular complexity index is 224. The molecule has 0 bridgehead atoms. The molecule has 0 fully saturated rings. The molecule has 0 aliphatic heterocycles. The fraction of sp³-hybridized carbons (Fsp3) is 1.00. The zero-order valence-electron chi connectivity index (χ0n) is 8.32. The van der Waals surface area contributed by atoms with Gasteiger partial charge in [-0.3, -0.25) is 0 Å². The molecule has 0 aliphatic rings. The SMILES string of the molecule is B=BB=BB=BB=BB=BCCC. The van der Waals surface area contributed by atoms with Gasteiger partial charge >= 0.3 is 87.4 Å². The van der Waals surface area contributed by atoms with Crippen molar-refractivity contribution >= 4 is 67.7 Å². The van der Waals surface area contributed by atoms with Gasteiger partial charge < -0.3 is 0 Å². The van der Waals surface area contributed by atoms with Crippen molar-refractivity contribution in [3.05, 3.63) is 0 Å². The van der Waals surface area contributed by atoms with Gasteiger partial charge in [0.2, 0.25) is 0 Å². The van der Waals surface area contributed by atoms with Gasteiger partial charge in [0, 0.05) is 0 Å². The first-order chi connectivity index (χ1) is 6.41. The molecule has 0 radical (unpaired) electrons. The van der Waals surface area contributed by atoms with Crippen molar-refractivity contribution in [2.45, 2.75) is 19.7 Å². The molecule has 0 aromatic rings. The molecule has 0 atom stereocenters. The van der Waals surface area contributed by atoms with Gasteiger partial charge in [-0.05, 0) is 0 Å². The van der Waals surface area contributed by atoms with Gasteiger partial charge in [-0.25, -0.2) is 0 Å². The van der Waals surface area contributed by atoms with Crippen LogP contribution in [-0.4, -0.2) is 67.7 Å². The zero-order chi connectivity index (χ0) is 9.78. The Labute approximate surface area is 87.7 Å². The molecule has 0 N–H and O–H groups in total. The van der Waals surface area contributed by atoms with Crippen molar-refractivity contribution in [2.24, 2.45) is 0 Å². The molecule has 0 amide bonds. The Morgan fingerprint density at radius 3 is 1.92 bits per heavy atom. The molecule has 13 heavy (non-hydrogen) atoms. The Balaban J connectivity index is 3.56. The third-order valence-electron chi connectivity index (χ3n) is 1.39. The summed E-state index contributed by atoms with van der Waals surface area (Å²) in [5.41, 5.74) is 0. The van der Waals surface area contributed by atoms with Gasteiger partial charge in [0.15, 0.2) is 0 Å². The van der Waals surface area contributed by atoms with Crippen LogP contribution in [0.3, 0.4) is 0 Å². The molecular weight excluding hydrogens is 144 g/mol. The van der Waals surface area contributed by atoms with Gasteiger partial charge in [-0.1, -0.05) is 0 Å². The number of hydrogen-bond acceptors (Lipinski definition) is 0. The summed E-state index contributed by atoms with van der Waals surface area (Å²) in [6, 6.07) is 0. The molecule has 10 heteroatoms. The molecule has 0 unspecified atom stereocenters. The van der Waals surface area contributed by atoms with Gasteiger partial charge in [-0.2, -0.15) is 0 Å². The average Bonchev–Trinajstić information content (AvgIpc) is 2.16. The Morgan fingerprint density at radius 2 is 1.38 bits per heavy atom. The van der Waals surface area contributed by atoms with E-state index in [4.69, 9.17) is 0 Å². The second-order valence-corrected chi connectivity index (χ2v) is 2.61. The summed E-state index contributed by atoms with van der Waals surface area (Å²) in [6.07, 6.45) is 2.37. The summed E-state index contributed by atoms with van der Waals surface area (Å²) in [5, 5.41) is 0. The number of rotatable bonds is 6.